The van der Waals surface area contributed by atoms with Crippen molar-refractivity contribution < 1.29 is 68.8 Å². The number of amides is 2. The van der Waals surface area contributed by atoms with Crippen LogP contribution in [-0.4, -0.2) is 116 Å². The number of esters is 3. The molecule has 7 N–H and O–H groups in total. The summed E-state index contributed by atoms with van der Waals surface area (Å²) in [6.45, 7) is 10.2. The second-order valence-electron chi connectivity index (χ2n) is 26.0. The van der Waals surface area contributed by atoms with Crippen LogP contribution in [0.4, 0.5) is 11.4 Å². The monoisotopic (exact) mass is 1390 g/mol. The summed E-state index contributed by atoms with van der Waals surface area (Å²) in [6.07, 6.45) is 19.1. The Balaban J connectivity index is 0.000000205. The number of aromatic amines is 1. The third-order valence-corrected chi connectivity index (χ3v) is 21.6. The molecule has 3 aliphatic rings. The first-order valence-electron chi connectivity index (χ1n) is 35.2. The number of nitrogens with zero attached hydrogens (tertiary/aromatic N) is 2. The number of unbranched alkanes of at least 4 members (excludes halogenated alkanes) is 4. The van der Waals surface area contributed by atoms with Crippen LogP contribution < -0.4 is 15.4 Å². The van der Waals surface area contributed by atoms with Gasteiger partial charge in [0.15, 0.2) is 5.88 Å². The molecule has 9 rings (SSSR count). The van der Waals surface area contributed by atoms with Crippen molar-refractivity contribution in [3.05, 3.63) is 153 Å². The highest BCUT2D eigenvalue weighted by Crippen LogP contribution is 2.40. The molecular weight excluding hydrogens is 1290 g/mol. The van der Waals surface area contributed by atoms with Crippen LogP contribution >= 0.6 is 34.0 Å². The minimum atomic E-state index is -0.572. The molecule has 6 heterocycles. The van der Waals surface area contributed by atoms with Crippen molar-refractivity contribution in [2.24, 2.45) is 11.8 Å². The lowest BCUT2D eigenvalue weighted by molar-refractivity contribution is -0.118. The highest BCUT2D eigenvalue weighted by Gasteiger charge is 2.41. The van der Waals surface area contributed by atoms with E-state index in [2.05, 4.69) is 18.8 Å². The summed E-state index contributed by atoms with van der Waals surface area (Å²) in [6, 6.07) is 30.3. The zero-order valence-electron chi connectivity index (χ0n) is 57.2. The standard InChI is InChI=1S/C27H37NO4S.C26H35NO5S.C23H31NO6S/c1-4-5-6-10-24(29)20-11-13-22(14-12-20)28-21(15-18-26(28)30)8-7-9-23-16-17-25(33-23)27(31)32-19(2)3;1-2-3-4-8-23(29)19-9-11-21(12-10-19)27-20(13-16-25(27)30)6-5-7-22-14-15-24(33-22)26(31)32-18-17-28;1-2-10-30-23(29)20-9-7-15(31-20)4-3-5-16-17(19(26)13-18(16)25)8-6-14-11-21(27)24-22(28)12-14/h11-14,16-17,19,21,24,29H,4-10,15,18H2,1-3H3;9-12,14-15,20,23,28-29H,2-8,13,16-18H2,1H3;7,9,11-12,16-19,25-26H,2-6,8,10,13H2,1H3,(H2,24,27,28)/t21-,24?;20-,23?;16?,17-,18?,19?/m001/s1. The van der Waals surface area contributed by atoms with Crippen LogP contribution in [0.15, 0.2) is 102 Å². The van der Waals surface area contributed by atoms with Crippen LogP contribution in [0.5, 0.6) is 5.88 Å². The molecule has 21 heteroatoms. The van der Waals surface area contributed by atoms with Gasteiger partial charge in [0.25, 0.3) is 5.56 Å². The van der Waals surface area contributed by atoms with Crippen LogP contribution in [-0.2, 0) is 49.5 Å². The molecule has 2 saturated heterocycles. The lowest BCUT2D eigenvalue weighted by Crippen LogP contribution is -2.32. The summed E-state index contributed by atoms with van der Waals surface area (Å²) in [5, 5.41) is 60.0. The summed E-state index contributed by atoms with van der Waals surface area (Å²) < 4.78 is 15.4. The molecular formula is C76H103N3O15S3. The molecule has 6 aromatic rings. The second-order valence-corrected chi connectivity index (χ2v) is 29.5. The predicted molar refractivity (Wildman–Crippen MR) is 383 cm³/mol. The van der Waals surface area contributed by atoms with Gasteiger partial charge in [0.2, 0.25) is 11.8 Å². The first-order valence-corrected chi connectivity index (χ1v) is 37.6. The fourth-order valence-corrected chi connectivity index (χ4v) is 16.0. The van der Waals surface area contributed by atoms with Gasteiger partial charge in [-0.3, -0.25) is 19.4 Å². The number of H-pyrrole nitrogens is 1. The Labute approximate surface area is 584 Å². The molecule has 1 aliphatic carbocycles. The van der Waals surface area contributed by atoms with Crippen molar-refractivity contribution in [2.45, 2.75) is 238 Å². The lowest BCUT2D eigenvalue weighted by atomic mass is 9.85. The van der Waals surface area contributed by atoms with E-state index in [0.717, 1.165) is 166 Å². The van der Waals surface area contributed by atoms with E-state index in [-0.39, 0.29) is 78.4 Å². The van der Waals surface area contributed by atoms with Crippen molar-refractivity contribution >= 4 is 75.1 Å². The maximum absolute atomic E-state index is 12.6. The number of hydrogen-bond donors (Lipinski definition) is 7. The molecule has 2 aromatic carbocycles. The Morgan fingerprint density at radius 3 is 1.42 bits per heavy atom. The molecule has 0 bridgehead atoms. The SMILES string of the molecule is CCCCCC(O)c1ccc(N2C(=O)CC[C@@H]2CCCc2ccc(C(=O)OC(C)C)s2)cc1.CCCCCC(O)c1ccc(N2C(=O)CC[C@@H]2CCCc2ccc(C(=O)OCCO)s2)cc1.CCCOC(=O)c1ccc(CCCC2C(O)CC(O)[C@@H]2CCc2cc(O)[nH]c(=O)c2)s1. The number of hydrogen-bond acceptors (Lipinski definition) is 18. The Hall–Kier alpha value is -6.56. The molecule has 5 unspecified atom stereocenters. The van der Waals surface area contributed by atoms with Crippen LogP contribution in [0.3, 0.4) is 0 Å². The van der Waals surface area contributed by atoms with Gasteiger partial charge in [0, 0.05) is 63.1 Å². The molecule has 2 amide bonds. The number of benzene rings is 2. The number of thiophene rings is 3. The minimum absolute atomic E-state index is 0.0103. The molecule has 2 aliphatic heterocycles. The van der Waals surface area contributed by atoms with Gasteiger partial charge in [0.05, 0.1) is 43.7 Å². The number of aryl methyl sites for hydroxylation is 4. The topological polar surface area (TPSA) is 274 Å². The quantitative estimate of drug-likeness (QED) is 0.0111. The van der Waals surface area contributed by atoms with E-state index >= 15 is 0 Å². The number of pyridine rings is 1. The number of carbonyl (C=O) groups is 5. The van der Waals surface area contributed by atoms with E-state index in [4.69, 9.17) is 19.3 Å². The van der Waals surface area contributed by atoms with Crippen molar-refractivity contribution in [1.29, 1.82) is 0 Å². The van der Waals surface area contributed by atoms with Gasteiger partial charge in [-0.15, -0.1) is 34.0 Å². The van der Waals surface area contributed by atoms with Crippen LogP contribution in [0.2, 0.25) is 0 Å². The van der Waals surface area contributed by atoms with Crippen LogP contribution in [0, 0.1) is 11.8 Å². The Bertz CT molecular complexity index is 3430. The minimum Gasteiger partial charge on any atom is -0.495 e. The Morgan fingerprint density at radius 2 is 0.990 bits per heavy atom. The maximum Gasteiger partial charge on any atom is 0.348 e. The van der Waals surface area contributed by atoms with E-state index < -0.39 is 30.4 Å². The van der Waals surface area contributed by atoms with E-state index in [1.807, 2.05) is 103 Å². The number of ether oxygens (including phenoxy) is 3. The molecule has 0 radical (unpaired) electrons. The van der Waals surface area contributed by atoms with Gasteiger partial charge >= 0.3 is 17.9 Å². The van der Waals surface area contributed by atoms with Gasteiger partial charge in [0.1, 0.15) is 21.2 Å². The first kappa shape index (κ1) is 77.8. The third kappa shape index (κ3) is 24.4. The number of aromatic hydroxyl groups is 1. The number of anilines is 2. The molecule has 1 saturated carbocycles. The summed E-state index contributed by atoms with van der Waals surface area (Å²) in [5.41, 5.74) is 4.01. The van der Waals surface area contributed by atoms with Gasteiger partial charge in [-0.2, -0.15) is 0 Å². The van der Waals surface area contributed by atoms with Crippen molar-refractivity contribution in [1.82, 2.24) is 4.98 Å². The molecule has 0 spiro atoms. The Morgan fingerprint density at radius 1 is 0.546 bits per heavy atom. The molecule has 8 atom stereocenters. The summed E-state index contributed by atoms with van der Waals surface area (Å²) in [4.78, 5) is 83.9. The van der Waals surface area contributed by atoms with Gasteiger partial charge in [-0.1, -0.05) is 83.6 Å². The van der Waals surface area contributed by atoms with Crippen LogP contribution in [0.1, 0.15) is 242 Å². The largest absolute Gasteiger partial charge is 0.495 e. The fourth-order valence-electron chi connectivity index (χ4n) is 13.2. The number of carbonyl (C=O) groups excluding carboxylic acids is 5. The number of aromatic nitrogens is 1. The van der Waals surface area contributed by atoms with E-state index in [1.54, 1.807) is 12.1 Å². The number of aliphatic hydroxyl groups is 5. The molecule has 97 heavy (non-hydrogen) atoms. The van der Waals surface area contributed by atoms with Gasteiger partial charge in [-0.25, -0.2) is 14.4 Å². The number of aliphatic hydroxyl groups excluding tert-OH is 5. The highest BCUT2D eigenvalue weighted by atomic mass is 32.1. The summed E-state index contributed by atoms with van der Waals surface area (Å²) in [7, 11) is 0. The summed E-state index contributed by atoms with van der Waals surface area (Å²) in [5.74, 6) is -0.843. The second kappa shape index (κ2) is 40.5. The fraction of sp³-hybridized carbons (Fsp3) is 0.553. The smallest absolute Gasteiger partial charge is 0.348 e. The van der Waals surface area contributed by atoms with Gasteiger partial charge in [-0.05, 0) is 212 Å². The number of rotatable bonds is 35. The zero-order chi connectivity index (χ0) is 69.8. The third-order valence-electron chi connectivity index (χ3n) is 18.2. The Kier molecular flexibility index (Phi) is 32.5. The van der Waals surface area contributed by atoms with Crippen molar-refractivity contribution in [3.63, 3.8) is 0 Å². The first-order chi connectivity index (χ1) is 46.8. The lowest BCUT2D eigenvalue weighted by Gasteiger charge is -2.25. The normalized spacial score (nSPS) is 19.0. The maximum atomic E-state index is 12.6. The predicted octanol–water partition coefficient (Wildman–Crippen LogP) is 14.5. The van der Waals surface area contributed by atoms with E-state index in [1.165, 1.54) is 51.0 Å². The molecule has 530 valence electrons. The molecule has 3 fully saturated rings. The zero-order valence-corrected chi connectivity index (χ0v) is 59.7. The molecule has 4 aromatic heterocycles. The van der Waals surface area contributed by atoms with Crippen molar-refractivity contribution in [3.8, 4) is 5.88 Å². The molecule has 18 nitrogen and oxygen atoms in total. The van der Waals surface area contributed by atoms with Crippen molar-refractivity contribution in [2.75, 3.05) is 29.6 Å². The van der Waals surface area contributed by atoms with E-state index in [0.29, 0.717) is 53.3 Å². The van der Waals surface area contributed by atoms with Crippen LogP contribution in [0.25, 0.3) is 0 Å². The average Bonchev–Trinajstić information content (AvgIpc) is 1.76. The highest BCUT2D eigenvalue weighted by molar-refractivity contribution is 7.14. The van der Waals surface area contributed by atoms with Gasteiger partial charge < -0.3 is 54.6 Å². The number of nitrogens with one attached hydrogen (secondary N) is 1. The van der Waals surface area contributed by atoms with E-state index in [9.17, 15) is 54.3 Å². The average molecular weight is 1390 g/mol. The summed E-state index contributed by atoms with van der Waals surface area (Å²) >= 11 is 4.36.